The monoisotopic (exact) mass is 523 g/mol. The number of rotatable bonds is 9. The van der Waals surface area contributed by atoms with E-state index in [2.05, 4.69) is 39.4 Å². The lowest BCUT2D eigenvalue weighted by Gasteiger charge is -2.36. The Balaban J connectivity index is 0.00000216. The van der Waals surface area contributed by atoms with Gasteiger partial charge in [0.05, 0.1) is 25.9 Å². The second-order valence-corrected chi connectivity index (χ2v) is 9.03. The SMILES string of the molecule is COc1ccc2c(c1)CCCC2NC(=O)CCCCN1CCN(c2ccccc2OC)CC1.Cl.Cl. The zero-order valence-corrected chi connectivity index (χ0v) is 22.5. The summed E-state index contributed by atoms with van der Waals surface area (Å²) in [6.45, 7) is 5.16. The van der Waals surface area contributed by atoms with E-state index in [1.54, 1.807) is 14.2 Å². The Bertz CT molecular complexity index is 936. The average molecular weight is 525 g/mol. The molecule has 1 aliphatic heterocycles. The predicted octanol–water partition coefficient (Wildman–Crippen LogP) is 5.03. The van der Waals surface area contributed by atoms with Gasteiger partial charge in [0.25, 0.3) is 0 Å². The molecule has 1 unspecified atom stereocenters. The number of ether oxygens (including phenoxy) is 2. The number of fused-ring (bicyclic) bond motifs is 1. The van der Waals surface area contributed by atoms with Crippen LogP contribution in [0.5, 0.6) is 11.5 Å². The summed E-state index contributed by atoms with van der Waals surface area (Å²) in [5.74, 6) is 2.01. The first kappa shape index (κ1) is 29.1. The Morgan fingerprint density at radius 2 is 1.77 bits per heavy atom. The fourth-order valence-corrected chi connectivity index (χ4v) is 5.06. The fraction of sp³-hybridized carbons (Fsp3) is 0.519. The summed E-state index contributed by atoms with van der Waals surface area (Å²) in [5, 5.41) is 3.27. The van der Waals surface area contributed by atoms with Crippen molar-refractivity contribution >= 4 is 36.4 Å². The van der Waals surface area contributed by atoms with Crippen LogP contribution in [0.4, 0.5) is 5.69 Å². The Hall–Kier alpha value is -2.15. The minimum atomic E-state index is 0. The number of hydrogen-bond acceptors (Lipinski definition) is 5. The van der Waals surface area contributed by atoms with Gasteiger partial charge in [-0.25, -0.2) is 0 Å². The second-order valence-electron chi connectivity index (χ2n) is 9.03. The van der Waals surface area contributed by atoms with Crippen LogP contribution in [0.2, 0.25) is 0 Å². The molecule has 35 heavy (non-hydrogen) atoms. The zero-order valence-electron chi connectivity index (χ0n) is 20.8. The largest absolute Gasteiger partial charge is 0.497 e. The van der Waals surface area contributed by atoms with E-state index in [1.165, 1.54) is 16.8 Å². The van der Waals surface area contributed by atoms with Crippen molar-refractivity contribution in [1.29, 1.82) is 0 Å². The molecule has 0 saturated carbocycles. The highest BCUT2D eigenvalue weighted by molar-refractivity contribution is 5.85. The van der Waals surface area contributed by atoms with E-state index >= 15 is 0 Å². The molecule has 1 amide bonds. The maximum absolute atomic E-state index is 12.6. The number of unbranched alkanes of at least 4 members (excludes halogenated alkanes) is 1. The molecule has 1 heterocycles. The molecule has 1 atom stereocenters. The third-order valence-electron chi connectivity index (χ3n) is 6.93. The maximum atomic E-state index is 12.6. The van der Waals surface area contributed by atoms with Crippen LogP contribution < -0.4 is 19.7 Å². The average Bonchev–Trinajstić information content (AvgIpc) is 2.87. The van der Waals surface area contributed by atoms with Crippen molar-refractivity contribution in [2.75, 3.05) is 51.8 Å². The van der Waals surface area contributed by atoms with E-state index < -0.39 is 0 Å². The standard InChI is InChI=1S/C27H37N3O3.2ClH/c1-32-22-13-14-23-21(20-22)8-7-9-24(23)28-27(31)12-5-6-15-29-16-18-30(19-17-29)25-10-3-4-11-26(25)33-2;;/h3-4,10-11,13-14,20,24H,5-9,12,15-19H2,1-2H3,(H,28,31);2*1H. The van der Waals surface area contributed by atoms with E-state index in [1.807, 2.05) is 18.2 Å². The lowest BCUT2D eigenvalue weighted by atomic mass is 9.87. The summed E-state index contributed by atoms with van der Waals surface area (Å²) in [4.78, 5) is 17.5. The van der Waals surface area contributed by atoms with Gasteiger partial charge in [0, 0.05) is 32.6 Å². The topological polar surface area (TPSA) is 54.0 Å². The Kier molecular flexibility index (Phi) is 12.0. The molecular weight excluding hydrogens is 485 g/mol. The quantitative estimate of drug-likeness (QED) is 0.467. The number of piperazine rings is 1. The number of nitrogens with one attached hydrogen (secondary N) is 1. The van der Waals surface area contributed by atoms with E-state index in [4.69, 9.17) is 9.47 Å². The number of halogens is 2. The van der Waals surface area contributed by atoms with E-state index in [0.717, 1.165) is 76.3 Å². The number of para-hydroxylation sites is 2. The maximum Gasteiger partial charge on any atom is 0.220 e. The molecule has 2 aliphatic rings. The minimum absolute atomic E-state index is 0. The fourth-order valence-electron chi connectivity index (χ4n) is 5.06. The molecule has 0 radical (unpaired) electrons. The number of hydrogen-bond donors (Lipinski definition) is 1. The molecule has 6 nitrogen and oxygen atoms in total. The molecule has 194 valence electrons. The molecule has 0 aromatic heterocycles. The number of benzene rings is 2. The lowest BCUT2D eigenvalue weighted by Crippen LogP contribution is -2.46. The highest BCUT2D eigenvalue weighted by atomic mass is 35.5. The highest BCUT2D eigenvalue weighted by Crippen LogP contribution is 2.32. The molecule has 0 spiro atoms. The van der Waals surface area contributed by atoms with Crippen molar-refractivity contribution in [1.82, 2.24) is 10.2 Å². The van der Waals surface area contributed by atoms with Crippen LogP contribution in [0.1, 0.15) is 49.3 Å². The zero-order chi connectivity index (χ0) is 23.0. The smallest absolute Gasteiger partial charge is 0.220 e. The van der Waals surface area contributed by atoms with Crippen LogP contribution in [-0.4, -0.2) is 57.8 Å². The van der Waals surface area contributed by atoms with Crippen molar-refractivity contribution in [2.45, 2.75) is 44.6 Å². The normalized spacial score (nSPS) is 17.4. The van der Waals surface area contributed by atoms with Gasteiger partial charge in [-0.3, -0.25) is 9.69 Å². The van der Waals surface area contributed by atoms with E-state index in [-0.39, 0.29) is 36.8 Å². The third kappa shape index (κ3) is 7.66. The van der Waals surface area contributed by atoms with Crippen LogP contribution in [0.3, 0.4) is 0 Å². The number of carbonyl (C=O) groups excluding carboxylic acids is 1. The van der Waals surface area contributed by atoms with Gasteiger partial charge in [0.2, 0.25) is 5.91 Å². The van der Waals surface area contributed by atoms with Crippen molar-refractivity contribution in [3.63, 3.8) is 0 Å². The molecular formula is C27H39Cl2N3O3. The molecule has 0 bridgehead atoms. The second kappa shape index (κ2) is 14.4. The highest BCUT2D eigenvalue weighted by Gasteiger charge is 2.22. The first-order chi connectivity index (χ1) is 16.2. The number of nitrogens with zero attached hydrogens (tertiary/aromatic N) is 2. The minimum Gasteiger partial charge on any atom is -0.497 e. The number of amides is 1. The van der Waals surface area contributed by atoms with E-state index in [0.29, 0.717) is 6.42 Å². The summed E-state index contributed by atoms with van der Waals surface area (Å²) < 4.78 is 10.9. The summed E-state index contributed by atoms with van der Waals surface area (Å²) in [5.41, 5.74) is 3.74. The lowest BCUT2D eigenvalue weighted by molar-refractivity contribution is -0.122. The molecule has 2 aromatic rings. The van der Waals surface area contributed by atoms with Crippen molar-refractivity contribution < 1.29 is 14.3 Å². The molecule has 2 aromatic carbocycles. The van der Waals surface area contributed by atoms with Gasteiger partial charge in [-0.15, -0.1) is 24.8 Å². The van der Waals surface area contributed by atoms with Gasteiger partial charge >= 0.3 is 0 Å². The van der Waals surface area contributed by atoms with Crippen molar-refractivity contribution in [3.8, 4) is 11.5 Å². The van der Waals surface area contributed by atoms with Crippen LogP contribution in [0, 0.1) is 0 Å². The number of methoxy groups -OCH3 is 2. The molecule has 4 rings (SSSR count). The number of anilines is 1. The third-order valence-corrected chi connectivity index (χ3v) is 6.93. The summed E-state index contributed by atoms with van der Waals surface area (Å²) in [6.07, 6.45) is 5.77. The van der Waals surface area contributed by atoms with Gasteiger partial charge in [0.15, 0.2) is 0 Å². The number of aryl methyl sites for hydroxylation is 1. The van der Waals surface area contributed by atoms with Gasteiger partial charge in [0.1, 0.15) is 11.5 Å². The first-order valence-corrected chi connectivity index (χ1v) is 12.2. The van der Waals surface area contributed by atoms with Crippen molar-refractivity contribution in [2.24, 2.45) is 0 Å². The predicted molar refractivity (Wildman–Crippen MR) is 147 cm³/mol. The van der Waals surface area contributed by atoms with Gasteiger partial charge in [-0.05, 0) is 74.0 Å². The first-order valence-electron chi connectivity index (χ1n) is 12.2. The van der Waals surface area contributed by atoms with Gasteiger partial charge in [-0.2, -0.15) is 0 Å². The van der Waals surface area contributed by atoms with Crippen LogP contribution in [0.15, 0.2) is 42.5 Å². The van der Waals surface area contributed by atoms with Gasteiger partial charge < -0.3 is 19.7 Å². The summed E-state index contributed by atoms with van der Waals surface area (Å²) >= 11 is 0. The number of carbonyl (C=O) groups is 1. The summed E-state index contributed by atoms with van der Waals surface area (Å²) in [7, 11) is 3.43. The Morgan fingerprint density at radius 1 is 1.00 bits per heavy atom. The molecule has 1 N–H and O–H groups in total. The summed E-state index contributed by atoms with van der Waals surface area (Å²) in [6, 6.07) is 14.6. The van der Waals surface area contributed by atoms with Crippen LogP contribution >= 0.6 is 24.8 Å². The Morgan fingerprint density at radius 3 is 2.51 bits per heavy atom. The van der Waals surface area contributed by atoms with Gasteiger partial charge in [-0.1, -0.05) is 18.2 Å². The van der Waals surface area contributed by atoms with E-state index in [9.17, 15) is 4.79 Å². The molecule has 1 saturated heterocycles. The molecule has 8 heteroatoms. The van der Waals surface area contributed by atoms with Crippen molar-refractivity contribution in [3.05, 3.63) is 53.6 Å². The molecule has 1 aliphatic carbocycles. The van der Waals surface area contributed by atoms with Crippen LogP contribution in [-0.2, 0) is 11.2 Å². The Labute approximate surface area is 222 Å². The van der Waals surface area contributed by atoms with Crippen LogP contribution in [0.25, 0.3) is 0 Å². The molecule has 1 fully saturated rings.